The van der Waals surface area contributed by atoms with Gasteiger partial charge in [0, 0.05) is 19.6 Å². The molecule has 0 radical (unpaired) electrons. The zero-order valence-corrected chi connectivity index (χ0v) is 13.1. The van der Waals surface area contributed by atoms with Gasteiger partial charge in [-0.2, -0.15) is 17.4 Å². The highest BCUT2D eigenvalue weighted by atomic mass is 32.2. The summed E-state index contributed by atoms with van der Waals surface area (Å²) in [7, 11) is -3.77. The number of nitrogens with zero attached hydrogens (tertiary/aromatic N) is 1. The molecule has 124 valence electrons. The van der Waals surface area contributed by atoms with Crippen LogP contribution in [-0.2, 0) is 10.2 Å². The fraction of sp³-hybridized carbons (Fsp3) is 0.571. The van der Waals surface area contributed by atoms with Gasteiger partial charge in [0.05, 0.1) is 11.7 Å². The van der Waals surface area contributed by atoms with Crippen LogP contribution in [0.2, 0.25) is 0 Å². The molecule has 1 saturated heterocycles. The van der Waals surface area contributed by atoms with Crippen molar-refractivity contribution >= 4 is 10.2 Å². The van der Waals surface area contributed by atoms with E-state index in [9.17, 15) is 22.3 Å². The number of nitrogens with one attached hydrogen (secondary N) is 1. The summed E-state index contributed by atoms with van der Waals surface area (Å²) >= 11 is 0. The van der Waals surface area contributed by atoms with Crippen LogP contribution in [0.1, 0.15) is 31.4 Å². The summed E-state index contributed by atoms with van der Waals surface area (Å²) in [6, 6.07) is 3.21. The lowest BCUT2D eigenvalue weighted by Gasteiger charge is -2.30. The van der Waals surface area contributed by atoms with Gasteiger partial charge in [0.2, 0.25) is 0 Å². The fourth-order valence-electron chi connectivity index (χ4n) is 2.57. The minimum Gasteiger partial charge on any atom is -0.387 e. The third kappa shape index (κ3) is 4.01. The molecule has 8 heteroatoms. The molecule has 1 aromatic rings. The molecule has 1 heterocycles. The Kier molecular flexibility index (Phi) is 5.49. The summed E-state index contributed by atoms with van der Waals surface area (Å²) in [5.41, 5.74) is -0.530. The average molecular weight is 334 g/mol. The van der Waals surface area contributed by atoms with Gasteiger partial charge in [-0.15, -0.1) is 0 Å². The van der Waals surface area contributed by atoms with Crippen LogP contribution in [0, 0.1) is 17.6 Å². The van der Waals surface area contributed by atoms with Gasteiger partial charge in [-0.1, -0.05) is 13.0 Å². The van der Waals surface area contributed by atoms with E-state index in [0.717, 1.165) is 25.0 Å². The third-order valence-corrected chi connectivity index (χ3v) is 5.29. The molecular weight excluding hydrogens is 314 g/mol. The Balaban J connectivity index is 2.02. The molecule has 1 aliphatic rings. The number of rotatable bonds is 5. The van der Waals surface area contributed by atoms with Crippen molar-refractivity contribution < 1.29 is 22.3 Å². The predicted molar refractivity (Wildman–Crippen MR) is 78.2 cm³/mol. The Hall–Kier alpha value is -1.09. The first-order valence-corrected chi connectivity index (χ1v) is 8.62. The smallest absolute Gasteiger partial charge is 0.279 e. The van der Waals surface area contributed by atoms with Crippen molar-refractivity contribution in [3.05, 3.63) is 35.4 Å². The third-order valence-electron chi connectivity index (χ3n) is 3.75. The SMILES string of the molecule is CC1CCCN(S(=O)(=O)NCC(O)c2c(F)cccc2F)C1. The van der Waals surface area contributed by atoms with E-state index < -0.39 is 40.1 Å². The summed E-state index contributed by atoms with van der Waals surface area (Å²) in [4.78, 5) is 0. The van der Waals surface area contributed by atoms with E-state index in [0.29, 0.717) is 13.1 Å². The Morgan fingerprint density at radius 3 is 2.64 bits per heavy atom. The van der Waals surface area contributed by atoms with Crippen LogP contribution in [0.25, 0.3) is 0 Å². The summed E-state index contributed by atoms with van der Waals surface area (Å²) in [5.74, 6) is -1.55. The Labute approximate surface area is 129 Å². The number of halogens is 2. The molecule has 0 aromatic heterocycles. The maximum absolute atomic E-state index is 13.5. The Morgan fingerprint density at radius 1 is 1.41 bits per heavy atom. The first-order chi connectivity index (χ1) is 10.3. The quantitative estimate of drug-likeness (QED) is 0.859. The van der Waals surface area contributed by atoms with Crippen molar-refractivity contribution in [3.63, 3.8) is 0 Å². The van der Waals surface area contributed by atoms with Gasteiger partial charge in [0.25, 0.3) is 10.2 Å². The first-order valence-electron chi connectivity index (χ1n) is 7.18. The summed E-state index contributed by atoms with van der Waals surface area (Å²) in [5, 5.41) is 9.87. The van der Waals surface area contributed by atoms with Crippen molar-refractivity contribution in [2.24, 2.45) is 5.92 Å². The van der Waals surface area contributed by atoms with Gasteiger partial charge in [0.15, 0.2) is 0 Å². The van der Waals surface area contributed by atoms with Crippen molar-refractivity contribution in [1.29, 1.82) is 0 Å². The molecule has 5 nitrogen and oxygen atoms in total. The highest BCUT2D eigenvalue weighted by molar-refractivity contribution is 7.87. The number of aliphatic hydroxyl groups is 1. The van der Waals surface area contributed by atoms with Crippen LogP contribution < -0.4 is 4.72 Å². The summed E-state index contributed by atoms with van der Waals surface area (Å²) in [6.07, 6.45) is 0.153. The topological polar surface area (TPSA) is 69.6 Å². The maximum Gasteiger partial charge on any atom is 0.279 e. The molecular formula is C14H20F2N2O3S. The molecule has 0 amide bonds. The predicted octanol–water partition coefficient (Wildman–Crippen LogP) is 1.56. The van der Waals surface area contributed by atoms with Gasteiger partial charge in [-0.25, -0.2) is 8.78 Å². The van der Waals surface area contributed by atoms with Crippen LogP contribution in [-0.4, -0.2) is 37.5 Å². The zero-order valence-electron chi connectivity index (χ0n) is 12.3. The second-order valence-corrected chi connectivity index (χ2v) is 7.37. The summed E-state index contributed by atoms with van der Waals surface area (Å²) in [6.45, 7) is 2.29. The van der Waals surface area contributed by atoms with E-state index in [1.165, 1.54) is 10.4 Å². The molecule has 2 atom stereocenters. The lowest BCUT2D eigenvalue weighted by Crippen LogP contribution is -2.46. The Bertz CT molecular complexity index is 604. The van der Waals surface area contributed by atoms with E-state index in [4.69, 9.17) is 0 Å². The number of hydrogen-bond acceptors (Lipinski definition) is 3. The van der Waals surface area contributed by atoms with E-state index in [1.54, 1.807) is 0 Å². The van der Waals surface area contributed by atoms with Crippen LogP contribution in [0.3, 0.4) is 0 Å². The molecule has 0 spiro atoms. The minimum absolute atomic E-state index is 0.263. The van der Waals surface area contributed by atoms with Gasteiger partial charge < -0.3 is 5.11 Å². The molecule has 2 N–H and O–H groups in total. The number of hydrogen-bond donors (Lipinski definition) is 2. The molecule has 2 rings (SSSR count). The van der Waals surface area contributed by atoms with Gasteiger partial charge in [-0.3, -0.25) is 0 Å². The highest BCUT2D eigenvalue weighted by Crippen LogP contribution is 2.21. The van der Waals surface area contributed by atoms with E-state index in [-0.39, 0.29) is 5.92 Å². The van der Waals surface area contributed by atoms with E-state index in [2.05, 4.69) is 4.72 Å². The van der Waals surface area contributed by atoms with Crippen molar-refractivity contribution in [3.8, 4) is 0 Å². The molecule has 0 aliphatic carbocycles. The van der Waals surface area contributed by atoms with Crippen LogP contribution in [0.5, 0.6) is 0 Å². The van der Waals surface area contributed by atoms with E-state index in [1.807, 2.05) is 6.92 Å². The zero-order chi connectivity index (χ0) is 16.3. The normalized spacial score (nSPS) is 21.7. The van der Waals surface area contributed by atoms with Crippen LogP contribution >= 0.6 is 0 Å². The molecule has 0 bridgehead atoms. The largest absolute Gasteiger partial charge is 0.387 e. The standard InChI is InChI=1S/C14H20F2N2O3S/c1-10-4-3-7-18(9-10)22(20,21)17-8-13(19)14-11(15)5-2-6-12(14)16/h2,5-6,10,13,17,19H,3-4,7-9H2,1H3. The second-order valence-electron chi connectivity index (χ2n) is 5.61. The number of piperidine rings is 1. The molecule has 2 unspecified atom stereocenters. The van der Waals surface area contributed by atoms with Gasteiger partial charge >= 0.3 is 0 Å². The molecule has 22 heavy (non-hydrogen) atoms. The van der Waals surface area contributed by atoms with Crippen LogP contribution in [0.15, 0.2) is 18.2 Å². The molecule has 1 aliphatic heterocycles. The first kappa shape index (κ1) is 17.3. The van der Waals surface area contributed by atoms with Gasteiger partial charge in [-0.05, 0) is 30.9 Å². The second kappa shape index (κ2) is 6.99. The van der Waals surface area contributed by atoms with Crippen molar-refractivity contribution in [1.82, 2.24) is 9.03 Å². The lowest BCUT2D eigenvalue weighted by molar-refractivity contribution is 0.170. The Morgan fingerprint density at radius 2 is 2.05 bits per heavy atom. The fourth-order valence-corrected chi connectivity index (χ4v) is 3.94. The minimum atomic E-state index is -3.77. The highest BCUT2D eigenvalue weighted by Gasteiger charge is 2.28. The number of benzene rings is 1. The molecule has 0 saturated carbocycles. The monoisotopic (exact) mass is 334 g/mol. The average Bonchev–Trinajstić information content (AvgIpc) is 2.45. The molecule has 1 fully saturated rings. The van der Waals surface area contributed by atoms with Crippen molar-refractivity contribution in [2.45, 2.75) is 25.9 Å². The maximum atomic E-state index is 13.5. The van der Waals surface area contributed by atoms with E-state index >= 15 is 0 Å². The number of aliphatic hydroxyl groups excluding tert-OH is 1. The summed E-state index contributed by atoms with van der Waals surface area (Å²) < 4.78 is 54.9. The van der Waals surface area contributed by atoms with Gasteiger partial charge in [0.1, 0.15) is 11.6 Å². The van der Waals surface area contributed by atoms with Crippen molar-refractivity contribution in [2.75, 3.05) is 19.6 Å². The van der Waals surface area contributed by atoms with Crippen LogP contribution in [0.4, 0.5) is 8.78 Å². The molecule has 1 aromatic carbocycles. The lowest BCUT2D eigenvalue weighted by atomic mass is 10.0.